The number of alkyl halides is 3. The number of carbonyl (C=O) groups excluding carboxylic acids is 1. The largest absolute Gasteiger partial charge is 0.416 e. The van der Waals surface area contributed by atoms with Crippen molar-refractivity contribution in [2.24, 2.45) is 11.8 Å². The second kappa shape index (κ2) is 7.54. The highest BCUT2D eigenvalue weighted by molar-refractivity contribution is 5.82. The van der Waals surface area contributed by atoms with Crippen LogP contribution in [0, 0.1) is 18.8 Å². The fraction of sp³-hybridized carbons (Fsp3) is 0.522. The number of carbonyl (C=O) groups is 1. The van der Waals surface area contributed by atoms with Crippen LogP contribution >= 0.6 is 0 Å². The Labute approximate surface area is 169 Å². The van der Waals surface area contributed by atoms with Crippen molar-refractivity contribution in [2.75, 3.05) is 31.1 Å². The highest BCUT2D eigenvalue weighted by atomic mass is 19.4. The summed E-state index contributed by atoms with van der Waals surface area (Å²) in [6.07, 6.45) is 3.17. The zero-order valence-corrected chi connectivity index (χ0v) is 16.9. The number of anilines is 1. The maximum Gasteiger partial charge on any atom is 0.416 e. The molecule has 1 aromatic rings. The molecule has 1 saturated carbocycles. The fourth-order valence-electron chi connectivity index (χ4n) is 4.59. The van der Waals surface area contributed by atoms with Crippen LogP contribution < -0.4 is 4.90 Å². The molecular weight excluding hydrogens is 377 g/mol. The summed E-state index contributed by atoms with van der Waals surface area (Å²) in [5, 5.41) is 0. The summed E-state index contributed by atoms with van der Waals surface area (Å²) in [5.74, 6) is 0.687. The van der Waals surface area contributed by atoms with Gasteiger partial charge in [-0.1, -0.05) is 29.4 Å². The topological polar surface area (TPSA) is 23.6 Å². The molecule has 0 spiro atoms. The average Bonchev–Trinajstić information content (AvgIpc) is 3.48. The van der Waals surface area contributed by atoms with Crippen molar-refractivity contribution in [3.63, 3.8) is 0 Å². The van der Waals surface area contributed by atoms with Gasteiger partial charge < -0.3 is 9.80 Å². The highest BCUT2D eigenvalue weighted by Gasteiger charge is 2.47. The molecule has 0 aromatic heterocycles. The first-order valence-electron chi connectivity index (χ1n) is 10.3. The molecule has 1 saturated heterocycles. The summed E-state index contributed by atoms with van der Waals surface area (Å²) in [6, 6.07) is 3.89. The van der Waals surface area contributed by atoms with E-state index in [2.05, 4.69) is 19.1 Å². The van der Waals surface area contributed by atoms with Crippen molar-refractivity contribution in [2.45, 2.75) is 39.3 Å². The summed E-state index contributed by atoms with van der Waals surface area (Å²) < 4.78 is 39.2. The van der Waals surface area contributed by atoms with Gasteiger partial charge in [0, 0.05) is 37.8 Å². The Morgan fingerprint density at radius 3 is 2.48 bits per heavy atom. The quantitative estimate of drug-likeness (QED) is 0.711. The van der Waals surface area contributed by atoms with Crippen molar-refractivity contribution in [1.29, 1.82) is 0 Å². The van der Waals surface area contributed by atoms with Crippen LogP contribution in [0.2, 0.25) is 0 Å². The van der Waals surface area contributed by atoms with E-state index in [9.17, 15) is 18.0 Å². The van der Waals surface area contributed by atoms with Gasteiger partial charge in [0.25, 0.3) is 0 Å². The molecule has 1 aliphatic heterocycles. The Kier molecular flexibility index (Phi) is 5.21. The molecule has 29 heavy (non-hydrogen) atoms. The summed E-state index contributed by atoms with van der Waals surface area (Å²) in [7, 11) is 0. The van der Waals surface area contributed by atoms with E-state index in [0.29, 0.717) is 37.8 Å². The molecule has 1 heterocycles. The first-order chi connectivity index (χ1) is 13.7. The molecule has 6 heteroatoms. The summed E-state index contributed by atoms with van der Waals surface area (Å²) in [4.78, 5) is 16.8. The average molecular weight is 404 g/mol. The number of rotatable bonds is 3. The van der Waals surface area contributed by atoms with E-state index >= 15 is 0 Å². The van der Waals surface area contributed by atoms with Gasteiger partial charge >= 0.3 is 6.18 Å². The molecular formula is C23H27F3N2O. The Balaban J connectivity index is 1.37. The predicted molar refractivity (Wildman–Crippen MR) is 108 cm³/mol. The minimum atomic E-state index is -4.34. The van der Waals surface area contributed by atoms with Crippen molar-refractivity contribution in [3.8, 4) is 0 Å². The maximum absolute atomic E-state index is 13.1. The number of hydrogen-bond acceptors (Lipinski definition) is 2. The van der Waals surface area contributed by atoms with Gasteiger partial charge in [-0.3, -0.25) is 4.79 Å². The van der Waals surface area contributed by atoms with Gasteiger partial charge in [-0.05, 0) is 56.7 Å². The van der Waals surface area contributed by atoms with Crippen LogP contribution in [0.3, 0.4) is 0 Å². The molecule has 2 fully saturated rings. The number of aryl methyl sites for hydroxylation is 1. The van der Waals surface area contributed by atoms with E-state index in [1.165, 1.54) is 23.3 Å². The predicted octanol–water partition coefficient (Wildman–Crippen LogP) is 4.97. The smallest absolute Gasteiger partial charge is 0.368 e. The molecule has 2 atom stereocenters. The summed E-state index contributed by atoms with van der Waals surface area (Å²) in [6.45, 7) is 6.20. The molecule has 0 N–H and O–H groups in total. The van der Waals surface area contributed by atoms with E-state index in [0.717, 1.165) is 30.9 Å². The first kappa shape index (κ1) is 20.0. The van der Waals surface area contributed by atoms with E-state index in [-0.39, 0.29) is 11.8 Å². The lowest BCUT2D eigenvalue weighted by molar-refractivity contribution is -0.137. The van der Waals surface area contributed by atoms with Crippen molar-refractivity contribution in [3.05, 3.63) is 52.6 Å². The molecule has 1 aromatic carbocycles. The van der Waals surface area contributed by atoms with Gasteiger partial charge in [-0.2, -0.15) is 13.2 Å². The third kappa shape index (κ3) is 4.21. The molecule has 2 unspecified atom stereocenters. The van der Waals surface area contributed by atoms with Gasteiger partial charge in [0.15, 0.2) is 0 Å². The molecule has 2 aliphatic carbocycles. The van der Waals surface area contributed by atoms with Gasteiger partial charge in [0.2, 0.25) is 5.91 Å². The van der Waals surface area contributed by atoms with Gasteiger partial charge in [-0.15, -0.1) is 0 Å². The van der Waals surface area contributed by atoms with E-state index in [1.807, 2.05) is 16.7 Å². The van der Waals surface area contributed by atoms with Crippen LogP contribution in [0.25, 0.3) is 0 Å². The van der Waals surface area contributed by atoms with Crippen LogP contribution in [-0.4, -0.2) is 37.0 Å². The number of hydrogen-bond donors (Lipinski definition) is 0. The molecule has 0 radical (unpaired) electrons. The molecule has 3 nitrogen and oxygen atoms in total. The molecule has 0 bridgehead atoms. The van der Waals surface area contributed by atoms with Crippen molar-refractivity contribution in [1.82, 2.24) is 4.90 Å². The number of halogens is 3. The van der Waals surface area contributed by atoms with E-state index < -0.39 is 11.7 Å². The summed E-state index contributed by atoms with van der Waals surface area (Å²) >= 11 is 0. The number of piperazine rings is 1. The zero-order chi connectivity index (χ0) is 20.8. The van der Waals surface area contributed by atoms with E-state index in [4.69, 9.17) is 0 Å². The van der Waals surface area contributed by atoms with Crippen LogP contribution in [0.15, 0.2) is 41.5 Å². The molecule has 4 rings (SSSR count). The number of amides is 1. The van der Waals surface area contributed by atoms with Crippen LogP contribution in [0.5, 0.6) is 0 Å². The minimum Gasteiger partial charge on any atom is -0.368 e. The normalized spacial score (nSPS) is 24.9. The van der Waals surface area contributed by atoms with Crippen LogP contribution in [0.1, 0.15) is 37.3 Å². The minimum absolute atomic E-state index is 0.0917. The Morgan fingerprint density at radius 2 is 1.83 bits per heavy atom. The third-order valence-electron chi connectivity index (χ3n) is 6.36. The van der Waals surface area contributed by atoms with Gasteiger partial charge in [-0.25, -0.2) is 0 Å². The maximum atomic E-state index is 13.1. The second-order valence-corrected chi connectivity index (χ2v) is 8.47. The lowest BCUT2D eigenvalue weighted by Crippen LogP contribution is -2.49. The molecule has 156 valence electrons. The number of benzene rings is 1. The zero-order valence-electron chi connectivity index (χ0n) is 16.9. The second-order valence-electron chi connectivity index (χ2n) is 8.47. The lowest BCUT2D eigenvalue weighted by atomic mass is 9.95. The van der Waals surface area contributed by atoms with Gasteiger partial charge in [0.1, 0.15) is 0 Å². The van der Waals surface area contributed by atoms with E-state index in [1.54, 1.807) is 0 Å². The van der Waals surface area contributed by atoms with Crippen molar-refractivity contribution < 1.29 is 18.0 Å². The fourth-order valence-corrected chi connectivity index (χ4v) is 4.59. The highest BCUT2D eigenvalue weighted by Crippen LogP contribution is 2.48. The molecule has 3 aliphatic rings. The Bertz CT molecular complexity index is 863. The third-order valence-corrected chi connectivity index (χ3v) is 6.36. The van der Waals surface area contributed by atoms with Crippen LogP contribution in [-0.2, 0) is 11.0 Å². The standard InChI is InChI=1S/C23H27F3N2O/c1-15-4-3-5-17(12-15)19-14-20(19)22(29)28-10-8-27(9-11-28)21-13-18(23(24,25)26)7-6-16(21)2/h4,6-7,12-13,19-20H,3,5,8-11,14H2,1-2H3. The SMILES string of the molecule is CC1=CCCC(C2CC2C(=O)N2CCN(c3cc(C(F)(F)F)ccc3C)CC2)=C1. The number of nitrogens with zero attached hydrogens (tertiary/aromatic N) is 2. The summed E-state index contributed by atoms with van der Waals surface area (Å²) in [5.41, 5.74) is 3.51. The monoisotopic (exact) mass is 404 g/mol. The first-order valence-corrected chi connectivity index (χ1v) is 10.3. The van der Waals surface area contributed by atoms with Crippen LogP contribution in [0.4, 0.5) is 18.9 Å². The lowest BCUT2D eigenvalue weighted by Gasteiger charge is -2.37. The van der Waals surface area contributed by atoms with Gasteiger partial charge in [0.05, 0.1) is 5.56 Å². The van der Waals surface area contributed by atoms with Crippen molar-refractivity contribution >= 4 is 11.6 Å². The Hall–Kier alpha value is -2.24. The number of allylic oxidation sites excluding steroid dienone is 4. The molecule has 1 amide bonds. The Morgan fingerprint density at radius 1 is 1.10 bits per heavy atom.